The number of anilines is 1. The summed E-state index contributed by atoms with van der Waals surface area (Å²) in [6.45, 7) is 3.81. The van der Waals surface area contributed by atoms with Gasteiger partial charge in [-0.2, -0.15) is 0 Å². The molecule has 1 aromatic heterocycles. The number of halogens is 2. The molecular weight excluding hydrogens is 333 g/mol. The number of benzene rings is 1. The van der Waals surface area contributed by atoms with Crippen molar-refractivity contribution in [2.24, 2.45) is 5.92 Å². The van der Waals surface area contributed by atoms with E-state index in [2.05, 4.69) is 15.6 Å². The van der Waals surface area contributed by atoms with Gasteiger partial charge in [0, 0.05) is 6.20 Å². The number of pyridine rings is 1. The van der Waals surface area contributed by atoms with Gasteiger partial charge in [0.05, 0.1) is 22.4 Å². The molecule has 2 aromatic rings. The summed E-state index contributed by atoms with van der Waals surface area (Å²) in [4.78, 5) is 28.4. The number of carbonyl (C=O) groups is 2. The van der Waals surface area contributed by atoms with Crippen molar-refractivity contribution >= 4 is 29.1 Å². The van der Waals surface area contributed by atoms with Crippen LogP contribution in [-0.2, 0) is 9.59 Å². The fourth-order valence-corrected chi connectivity index (χ4v) is 2.29. The van der Waals surface area contributed by atoms with E-state index >= 15 is 0 Å². The third-order valence-corrected chi connectivity index (χ3v) is 3.67. The van der Waals surface area contributed by atoms with Gasteiger partial charge in [-0.25, -0.2) is 4.39 Å². The molecule has 0 aliphatic rings. The average molecular weight is 350 g/mol. The first-order valence-electron chi connectivity index (χ1n) is 7.36. The molecule has 0 aliphatic carbocycles. The van der Waals surface area contributed by atoms with Gasteiger partial charge < -0.3 is 10.6 Å². The fraction of sp³-hybridized carbons (Fsp3) is 0.235. The highest BCUT2D eigenvalue weighted by atomic mass is 35.5. The van der Waals surface area contributed by atoms with E-state index in [0.717, 1.165) is 12.1 Å². The largest absolute Gasteiger partial charge is 0.339 e. The lowest BCUT2D eigenvalue weighted by Gasteiger charge is -2.21. The van der Waals surface area contributed by atoms with Gasteiger partial charge in [0.1, 0.15) is 5.82 Å². The van der Waals surface area contributed by atoms with E-state index in [1.54, 1.807) is 24.4 Å². The zero-order valence-electron chi connectivity index (χ0n) is 13.2. The highest BCUT2D eigenvalue weighted by Crippen LogP contribution is 2.23. The van der Waals surface area contributed by atoms with E-state index in [-0.39, 0.29) is 16.6 Å². The predicted molar refractivity (Wildman–Crippen MR) is 90.0 cm³/mol. The Bertz CT molecular complexity index is 738. The smallest absolute Gasteiger partial charge is 0.313 e. The minimum Gasteiger partial charge on any atom is -0.339 e. The first kappa shape index (κ1) is 17.9. The maximum absolute atomic E-state index is 13.2. The van der Waals surface area contributed by atoms with Crippen LogP contribution in [0.15, 0.2) is 42.6 Å². The number of aromatic nitrogens is 1. The maximum atomic E-state index is 13.2. The number of rotatable bonds is 4. The summed E-state index contributed by atoms with van der Waals surface area (Å²) in [5.41, 5.74) is 0.688. The van der Waals surface area contributed by atoms with Crippen LogP contribution in [0, 0.1) is 11.7 Å². The SMILES string of the molecule is CC(C)C(NC(=O)C(=O)Nc1cc(F)ccc1Cl)c1ccccn1. The van der Waals surface area contributed by atoms with Crippen LogP contribution < -0.4 is 10.6 Å². The summed E-state index contributed by atoms with van der Waals surface area (Å²) in [5.74, 6) is -2.32. The van der Waals surface area contributed by atoms with Crippen molar-refractivity contribution in [3.8, 4) is 0 Å². The summed E-state index contributed by atoms with van der Waals surface area (Å²) in [6.07, 6.45) is 1.61. The van der Waals surface area contributed by atoms with Gasteiger partial charge in [0.2, 0.25) is 0 Å². The number of carbonyl (C=O) groups excluding carboxylic acids is 2. The Balaban J connectivity index is 2.09. The van der Waals surface area contributed by atoms with Crippen molar-refractivity contribution in [3.63, 3.8) is 0 Å². The normalized spacial score (nSPS) is 11.9. The van der Waals surface area contributed by atoms with Crippen LogP contribution in [0.2, 0.25) is 5.02 Å². The van der Waals surface area contributed by atoms with E-state index in [1.165, 1.54) is 6.07 Å². The van der Waals surface area contributed by atoms with Crippen LogP contribution in [-0.4, -0.2) is 16.8 Å². The summed E-state index contributed by atoms with van der Waals surface area (Å²) >= 11 is 5.87. The Morgan fingerprint density at radius 3 is 2.54 bits per heavy atom. The molecule has 0 saturated carbocycles. The quantitative estimate of drug-likeness (QED) is 0.832. The Kier molecular flexibility index (Phi) is 5.87. The topological polar surface area (TPSA) is 71.1 Å². The first-order chi connectivity index (χ1) is 11.4. The van der Waals surface area contributed by atoms with Crippen LogP contribution in [0.5, 0.6) is 0 Å². The zero-order valence-corrected chi connectivity index (χ0v) is 14.0. The molecule has 0 spiro atoms. The molecule has 24 heavy (non-hydrogen) atoms. The molecule has 5 nitrogen and oxygen atoms in total. The fourth-order valence-electron chi connectivity index (χ4n) is 2.12. The second kappa shape index (κ2) is 7.88. The second-order valence-corrected chi connectivity index (χ2v) is 5.94. The lowest BCUT2D eigenvalue weighted by atomic mass is 10.0. The van der Waals surface area contributed by atoms with Gasteiger partial charge in [0.15, 0.2) is 0 Å². The van der Waals surface area contributed by atoms with Crippen LogP contribution >= 0.6 is 11.6 Å². The molecule has 2 N–H and O–H groups in total. The van der Waals surface area contributed by atoms with Crippen molar-refractivity contribution in [1.29, 1.82) is 0 Å². The highest BCUT2D eigenvalue weighted by molar-refractivity contribution is 6.41. The molecule has 7 heteroatoms. The molecule has 1 atom stereocenters. The van der Waals surface area contributed by atoms with Crippen molar-refractivity contribution in [1.82, 2.24) is 10.3 Å². The van der Waals surface area contributed by atoms with Gasteiger partial charge in [-0.05, 0) is 36.2 Å². The molecule has 2 rings (SSSR count). The Morgan fingerprint density at radius 1 is 1.17 bits per heavy atom. The molecule has 0 aliphatic heterocycles. The Morgan fingerprint density at radius 2 is 1.92 bits per heavy atom. The maximum Gasteiger partial charge on any atom is 0.313 e. The molecule has 2 amide bonds. The third kappa shape index (κ3) is 4.52. The zero-order chi connectivity index (χ0) is 17.7. The molecule has 0 radical (unpaired) electrons. The van der Waals surface area contributed by atoms with Crippen LogP contribution in [0.1, 0.15) is 25.6 Å². The summed E-state index contributed by atoms with van der Waals surface area (Å²) in [5, 5.41) is 5.08. The second-order valence-electron chi connectivity index (χ2n) is 5.53. The lowest BCUT2D eigenvalue weighted by Crippen LogP contribution is -2.39. The monoisotopic (exact) mass is 349 g/mol. The van der Waals surface area contributed by atoms with Gasteiger partial charge in [-0.1, -0.05) is 31.5 Å². The van der Waals surface area contributed by atoms with Crippen molar-refractivity contribution < 1.29 is 14.0 Å². The minimum absolute atomic E-state index is 0.0226. The minimum atomic E-state index is -0.927. The van der Waals surface area contributed by atoms with E-state index in [4.69, 9.17) is 11.6 Å². The molecule has 126 valence electrons. The molecule has 1 heterocycles. The van der Waals surface area contributed by atoms with Crippen LogP contribution in [0.3, 0.4) is 0 Å². The van der Waals surface area contributed by atoms with Gasteiger partial charge in [0.25, 0.3) is 0 Å². The average Bonchev–Trinajstić information content (AvgIpc) is 2.56. The molecule has 1 aromatic carbocycles. The van der Waals surface area contributed by atoms with Crippen LogP contribution in [0.4, 0.5) is 10.1 Å². The number of hydrogen-bond acceptors (Lipinski definition) is 3. The first-order valence-corrected chi connectivity index (χ1v) is 7.74. The van der Waals surface area contributed by atoms with Gasteiger partial charge in [-0.3, -0.25) is 14.6 Å². The number of amides is 2. The van der Waals surface area contributed by atoms with Gasteiger partial charge >= 0.3 is 11.8 Å². The number of nitrogens with one attached hydrogen (secondary N) is 2. The van der Waals surface area contributed by atoms with E-state index in [1.807, 2.05) is 13.8 Å². The van der Waals surface area contributed by atoms with Crippen molar-refractivity contribution in [3.05, 3.63) is 59.1 Å². The standard InChI is InChI=1S/C17H17ClFN3O2/c1-10(2)15(13-5-3-4-8-20-13)22-17(24)16(23)21-14-9-11(19)6-7-12(14)18/h3-10,15H,1-2H3,(H,21,23)(H,22,24). The number of hydrogen-bond donors (Lipinski definition) is 2. The molecule has 0 bridgehead atoms. The highest BCUT2D eigenvalue weighted by Gasteiger charge is 2.23. The summed E-state index contributed by atoms with van der Waals surface area (Å²) in [6, 6.07) is 8.42. The number of nitrogens with zero attached hydrogens (tertiary/aromatic N) is 1. The third-order valence-electron chi connectivity index (χ3n) is 3.34. The van der Waals surface area contributed by atoms with E-state index < -0.39 is 23.7 Å². The lowest BCUT2D eigenvalue weighted by molar-refractivity contribution is -0.136. The summed E-state index contributed by atoms with van der Waals surface area (Å²) < 4.78 is 13.2. The van der Waals surface area contributed by atoms with Crippen molar-refractivity contribution in [2.75, 3.05) is 5.32 Å². The van der Waals surface area contributed by atoms with Gasteiger partial charge in [-0.15, -0.1) is 0 Å². The Labute approximate surface area is 144 Å². The molecule has 0 saturated heterocycles. The predicted octanol–water partition coefficient (Wildman–Crippen LogP) is 3.33. The Hall–Kier alpha value is -2.47. The molecule has 0 fully saturated rings. The van der Waals surface area contributed by atoms with Crippen molar-refractivity contribution in [2.45, 2.75) is 19.9 Å². The molecular formula is C17H17ClFN3O2. The van der Waals surface area contributed by atoms with E-state index in [0.29, 0.717) is 5.69 Å². The van der Waals surface area contributed by atoms with E-state index in [9.17, 15) is 14.0 Å². The molecule has 1 unspecified atom stereocenters. The van der Waals surface area contributed by atoms with Crippen LogP contribution in [0.25, 0.3) is 0 Å². The summed E-state index contributed by atoms with van der Waals surface area (Å²) in [7, 11) is 0.